The molecule has 0 bridgehead atoms. The smallest absolute Gasteiger partial charge is 0.238 e. The van der Waals surface area contributed by atoms with E-state index in [1.807, 2.05) is 39.9 Å². The fraction of sp³-hybridized carbons (Fsp3) is 0.391. The standard InChI is InChI=1S/C23H27N7O2S/c1-14-10-29(13-24-14)19-9-8-17(25-21(19)32-4)18-11-33-22(26-18)27-20-15-6-5-7-16(15)28-30(20)12-23(2,3)31/h8-11,13,31H,5-7,12H2,1-4H3,(H,26,27). The summed E-state index contributed by atoms with van der Waals surface area (Å²) >= 11 is 1.51. The Balaban J connectivity index is 1.43. The van der Waals surface area contributed by atoms with Crippen LogP contribution in [0.4, 0.5) is 10.9 Å². The summed E-state index contributed by atoms with van der Waals surface area (Å²) in [5.74, 6) is 1.43. The number of thiazole rings is 1. The molecule has 0 spiro atoms. The quantitative estimate of drug-likeness (QED) is 0.427. The molecule has 1 aliphatic carbocycles. The minimum absolute atomic E-state index is 0.411. The molecule has 0 aliphatic heterocycles. The molecule has 0 saturated heterocycles. The number of hydrogen-bond acceptors (Lipinski definition) is 8. The number of methoxy groups -OCH3 is 1. The van der Waals surface area contributed by atoms with Crippen molar-refractivity contribution in [2.45, 2.75) is 52.2 Å². The number of aryl methyl sites for hydroxylation is 2. The molecule has 1 aliphatic rings. The van der Waals surface area contributed by atoms with Gasteiger partial charge in [-0.3, -0.25) is 0 Å². The summed E-state index contributed by atoms with van der Waals surface area (Å²) in [4.78, 5) is 13.7. The van der Waals surface area contributed by atoms with E-state index in [0.29, 0.717) is 12.4 Å². The van der Waals surface area contributed by atoms with Crippen LogP contribution in [0.3, 0.4) is 0 Å². The van der Waals surface area contributed by atoms with Gasteiger partial charge in [-0.2, -0.15) is 5.10 Å². The molecule has 2 N–H and O–H groups in total. The SMILES string of the molecule is COc1nc(-c2csc(Nc3c4c(nn3CC(C)(C)O)CCC4)n2)ccc1-n1cnc(C)c1. The van der Waals surface area contributed by atoms with Gasteiger partial charge in [0.15, 0.2) is 5.13 Å². The van der Waals surface area contributed by atoms with Crippen LogP contribution in [0.1, 0.15) is 37.2 Å². The van der Waals surface area contributed by atoms with Crippen molar-refractivity contribution in [1.29, 1.82) is 0 Å². The lowest BCUT2D eigenvalue weighted by molar-refractivity contribution is 0.0582. The lowest BCUT2D eigenvalue weighted by Gasteiger charge is -2.19. The Morgan fingerprint density at radius 3 is 2.79 bits per heavy atom. The number of imidazole rings is 1. The van der Waals surface area contributed by atoms with Gasteiger partial charge in [0.2, 0.25) is 5.88 Å². The first-order valence-electron chi connectivity index (χ1n) is 10.9. The third-order valence-corrected chi connectivity index (χ3v) is 6.28. The molecule has 0 fully saturated rings. The second-order valence-electron chi connectivity index (χ2n) is 8.91. The number of anilines is 2. The second kappa shape index (κ2) is 8.27. The van der Waals surface area contributed by atoms with Crippen molar-refractivity contribution in [2.24, 2.45) is 0 Å². The number of aromatic nitrogens is 6. The van der Waals surface area contributed by atoms with Crippen molar-refractivity contribution >= 4 is 22.3 Å². The van der Waals surface area contributed by atoms with Gasteiger partial charge in [-0.1, -0.05) is 0 Å². The summed E-state index contributed by atoms with van der Waals surface area (Å²) in [7, 11) is 1.61. The van der Waals surface area contributed by atoms with Crippen LogP contribution in [0.5, 0.6) is 5.88 Å². The molecule has 0 radical (unpaired) electrons. The maximum Gasteiger partial charge on any atom is 0.238 e. The van der Waals surface area contributed by atoms with E-state index in [0.717, 1.165) is 58.7 Å². The zero-order valence-electron chi connectivity index (χ0n) is 19.2. The summed E-state index contributed by atoms with van der Waals surface area (Å²) in [6.07, 6.45) is 6.73. The van der Waals surface area contributed by atoms with Crippen LogP contribution in [0.2, 0.25) is 0 Å². The molecule has 0 atom stereocenters. The third kappa shape index (κ3) is 4.36. The van der Waals surface area contributed by atoms with Crippen molar-refractivity contribution in [1.82, 2.24) is 29.3 Å². The predicted octanol–water partition coefficient (Wildman–Crippen LogP) is 3.91. The Labute approximate surface area is 196 Å². The summed E-state index contributed by atoms with van der Waals surface area (Å²) in [6, 6.07) is 3.89. The first-order valence-corrected chi connectivity index (χ1v) is 11.8. The molecule has 0 amide bonds. The Hall–Kier alpha value is -3.24. The zero-order chi connectivity index (χ0) is 23.2. The van der Waals surface area contributed by atoms with Crippen LogP contribution in [-0.2, 0) is 19.4 Å². The highest BCUT2D eigenvalue weighted by atomic mass is 32.1. The first-order chi connectivity index (χ1) is 15.8. The van der Waals surface area contributed by atoms with Gasteiger partial charge < -0.3 is 19.7 Å². The number of ether oxygens (including phenoxy) is 1. The highest BCUT2D eigenvalue weighted by molar-refractivity contribution is 7.14. The lowest BCUT2D eigenvalue weighted by Crippen LogP contribution is -2.27. The number of rotatable bonds is 7. The van der Waals surface area contributed by atoms with E-state index in [1.54, 1.807) is 27.3 Å². The molecule has 172 valence electrons. The van der Waals surface area contributed by atoms with Crippen molar-refractivity contribution in [3.63, 3.8) is 0 Å². The second-order valence-corrected chi connectivity index (χ2v) is 9.77. The molecule has 33 heavy (non-hydrogen) atoms. The van der Waals surface area contributed by atoms with Crippen molar-refractivity contribution in [2.75, 3.05) is 12.4 Å². The van der Waals surface area contributed by atoms with E-state index >= 15 is 0 Å². The molecule has 0 unspecified atom stereocenters. The summed E-state index contributed by atoms with van der Waals surface area (Å²) in [6.45, 7) is 5.93. The van der Waals surface area contributed by atoms with E-state index < -0.39 is 5.60 Å². The number of fused-ring (bicyclic) bond motifs is 1. The molecule has 4 aromatic rings. The average molecular weight is 466 g/mol. The molecular formula is C23H27N7O2S. The Morgan fingerprint density at radius 2 is 2.06 bits per heavy atom. The molecule has 10 heteroatoms. The molecule has 4 heterocycles. The van der Waals surface area contributed by atoms with E-state index in [1.165, 1.54) is 16.9 Å². The number of nitrogens with one attached hydrogen (secondary N) is 1. The summed E-state index contributed by atoms with van der Waals surface area (Å²) < 4.78 is 9.30. The molecule has 9 nitrogen and oxygen atoms in total. The van der Waals surface area contributed by atoms with Gasteiger partial charge in [0.1, 0.15) is 17.2 Å². The number of pyridine rings is 1. The molecule has 0 aromatic carbocycles. The molecule has 0 saturated carbocycles. The van der Waals surface area contributed by atoms with E-state index in [2.05, 4.69) is 15.3 Å². The molecular weight excluding hydrogens is 438 g/mol. The van der Waals surface area contributed by atoms with Crippen LogP contribution in [0.25, 0.3) is 17.1 Å². The average Bonchev–Trinajstić information content (AvgIpc) is 3.54. The van der Waals surface area contributed by atoms with Gasteiger partial charge in [-0.05, 0) is 52.2 Å². The van der Waals surface area contributed by atoms with Crippen LogP contribution in [-0.4, -0.2) is 47.1 Å². The topological polar surface area (TPSA) is 103 Å². The van der Waals surface area contributed by atoms with Crippen LogP contribution >= 0.6 is 11.3 Å². The van der Waals surface area contributed by atoms with Crippen molar-refractivity contribution < 1.29 is 9.84 Å². The van der Waals surface area contributed by atoms with Crippen molar-refractivity contribution in [3.8, 4) is 23.0 Å². The van der Waals surface area contributed by atoms with Gasteiger partial charge in [-0.15, -0.1) is 11.3 Å². The Kier molecular flexibility index (Phi) is 5.41. The van der Waals surface area contributed by atoms with Crippen LogP contribution in [0, 0.1) is 6.92 Å². The third-order valence-electron chi connectivity index (χ3n) is 5.53. The molecule has 5 rings (SSSR count). The van der Waals surface area contributed by atoms with E-state index in [-0.39, 0.29) is 0 Å². The van der Waals surface area contributed by atoms with E-state index in [9.17, 15) is 5.11 Å². The summed E-state index contributed by atoms with van der Waals surface area (Å²) in [5.41, 5.74) is 4.70. The monoisotopic (exact) mass is 465 g/mol. The minimum Gasteiger partial charge on any atom is -0.479 e. The van der Waals surface area contributed by atoms with Crippen LogP contribution < -0.4 is 10.1 Å². The Bertz CT molecular complexity index is 1300. The van der Waals surface area contributed by atoms with Gasteiger partial charge in [0.05, 0.1) is 42.7 Å². The maximum atomic E-state index is 10.3. The fourth-order valence-corrected chi connectivity index (χ4v) is 4.79. The largest absolute Gasteiger partial charge is 0.479 e. The summed E-state index contributed by atoms with van der Waals surface area (Å²) in [5, 5.41) is 21.3. The highest BCUT2D eigenvalue weighted by Gasteiger charge is 2.26. The maximum absolute atomic E-state index is 10.3. The van der Waals surface area contributed by atoms with Crippen LogP contribution in [0.15, 0.2) is 30.0 Å². The van der Waals surface area contributed by atoms with E-state index in [4.69, 9.17) is 14.8 Å². The van der Waals surface area contributed by atoms with Gasteiger partial charge in [-0.25, -0.2) is 19.6 Å². The highest BCUT2D eigenvalue weighted by Crippen LogP contribution is 2.34. The number of hydrogen-bond donors (Lipinski definition) is 2. The minimum atomic E-state index is -0.861. The number of nitrogens with zero attached hydrogens (tertiary/aromatic N) is 6. The van der Waals surface area contributed by atoms with Gasteiger partial charge in [0.25, 0.3) is 0 Å². The normalized spacial score (nSPS) is 13.4. The first kappa shape index (κ1) is 21.6. The fourth-order valence-electron chi connectivity index (χ4n) is 4.09. The zero-order valence-corrected chi connectivity index (χ0v) is 20.0. The Morgan fingerprint density at radius 1 is 1.21 bits per heavy atom. The number of aliphatic hydroxyl groups is 1. The van der Waals surface area contributed by atoms with Crippen molar-refractivity contribution in [3.05, 3.63) is 47.0 Å². The predicted molar refractivity (Wildman–Crippen MR) is 128 cm³/mol. The van der Waals surface area contributed by atoms with Gasteiger partial charge in [0, 0.05) is 17.1 Å². The lowest BCUT2D eigenvalue weighted by atomic mass is 10.1. The molecule has 4 aromatic heterocycles. The van der Waals surface area contributed by atoms with Gasteiger partial charge >= 0.3 is 0 Å².